The quantitative estimate of drug-likeness (QED) is 0.890. The lowest BCUT2D eigenvalue weighted by Gasteiger charge is -2.20. The lowest BCUT2D eigenvalue weighted by molar-refractivity contribution is 0.652. The molecule has 0 radical (unpaired) electrons. The number of hydrogen-bond donors (Lipinski definition) is 1. The molecule has 0 saturated carbocycles. The normalized spacial score (nSPS) is 12.2. The summed E-state index contributed by atoms with van der Waals surface area (Å²) in [7, 11) is 4.08. The molecule has 1 unspecified atom stereocenters. The number of anilines is 1. The van der Waals surface area contributed by atoms with Gasteiger partial charge in [-0.05, 0) is 43.3 Å². The van der Waals surface area contributed by atoms with E-state index in [1.54, 1.807) is 6.20 Å². The predicted molar refractivity (Wildman–Crippen MR) is 80.3 cm³/mol. The largest absolute Gasteiger partial charge is 0.370 e. The van der Waals surface area contributed by atoms with Crippen molar-refractivity contribution >= 4 is 5.69 Å². The molecule has 100 valence electrons. The molecule has 0 aliphatic rings. The SMILES string of the molecule is CNC(C)c1ccc(N(C)Cc2cccnc2)cc1. The molecule has 2 aromatic rings. The van der Waals surface area contributed by atoms with E-state index in [0.717, 1.165) is 6.54 Å². The summed E-state index contributed by atoms with van der Waals surface area (Å²) in [5.41, 5.74) is 3.75. The highest BCUT2D eigenvalue weighted by Gasteiger charge is 2.05. The molecule has 1 aromatic heterocycles. The summed E-state index contributed by atoms with van der Waals surface area (Å²) in [5, 5.41) is 3.25. The fraction of sp³-hybridized carbons (Fsp3) is 0.312. The van der Waals surface area contributed by atoms with Gasteiger partial charge >= 0.3 is 0 Å². The molecule has 1 heterocycles. The maximum absolute atomic E-state index is 4.14. The van der Waals surface area contributed by atoms with Gasteiger partial charge in [0.2, 0.25) is 0 Å². The summed E-state index contributed by atoms with van der Waals surface area (Å²) in [4.78, 5) is 6.37. The monoisotopic (exact) mass is 255 g/mol. The zero-order valence-corrected chi connectivity index (χ0v) is 11.8. The molecule has 0 amide bonds. The number of benzene rings is 1. The van der Waals surface area contributed by atoms with Gasteiger partial charge in [0.25, 0.3) is 0 Å². The Morgan fingerprint density at radius 1 is 1.21 bits per heavy atom. The zero-order chi connectivity index (χ0) is 13.7. The van der Waals surface area contributed by atoms with Gasteiger partial charge in [-0.1, -0.05) is 18.2 Å². The smallest absolute Gasteiger partial charge is 0.0441 e. The second kappa shape index (κ2) is 6.34. The zero-order valence-electron chi connectivity index (χ0n) is 11.8. The second-order valence-corrected chi connectivity index (χ2v) is 4.82. The first-order valence-electron chi connectivity index (χ1n) is 6.58. The molecule has 0 bridgehead atoms. The van der Waals surface area contributed by atoms with Crippen LogP contribution in [0.25, 0.3) is 0 Å². The van der Waals surface area contributed by atoms with E-state index >= 15 is 0 Å². The fourth-order valence-corrected chi connectivity index (χ4v) is 2.04. The van der Waals surface area contributed by atoms with Crippen LogP contribution in [0.3, 0.4) is 0 Å². The molecule has 19 heavy (non-hydrogen) atoms. The van der Waals surface area contributed by atoms with Crippen molar-refractivity contribution in [3.05, 3.63) is 59.9 Å². The van der Waals surface area contributed by atoms with E-state index in [-0.39, 0.29) is 0 Å². The van der Waals surface area contributed by atoms with E-state index in [2.05, 4.69) is 59.5 Å². The Balaban J connectivity index is 2.05. The van der Waals surface area contributed by atoms with Gasteiger partial charge in [0, 0.05) is 37.7 Å². The standard InChI is InChI=1S/C16H21N3/c1-13(17-2)15-6-8-16(9-7-15)19(3)12-14-5-4-10-18-11-14/h4-11,13,17H,12H2,1-3H3. The summed E-state index contributed by atoms with van der Waals surface area (Å²) >= 11 is 0. The van der Waals surface area contributed by atoms with Gasteiger partial charge in [-0.3, -0.25) is 4.98 Å². The number of nitrogens with one attached hydrogen (secondary N) is 1. The maximum atomic E-state index is 4.14. The Bertz CT molecular complexity index is 493. The maximum Gasteiger partial charge on any atom is 0.0441 e. The van der Waals surface area contributed by atoms with Crippen LogP contribution in [0.1, 0.15) is 24.1 Å². The molecule has 3 nitrogen and oxygen atoms in total. The molecule has 0 saturated heterocycles. The summed E-state index contributed by atoms with van der Waals surface area (Å²) in [6.45, 7) is 3.03. The molecule has 1 N–H and O–H groups in total. The number of aromatic nitrogens is 1. The molecule has 2 rings (SSSR count). The Morgan fingerprint density at radius 3 is 2.53 bits per heavy atom. The van der Waals surface area contributed by atoms with Crippen molar-refractivity contribution < 1.29 is 0 Å². The van der Waals surface area contributed by atoms with Crippen LogP contribution in [0.4, 0.5) is 5.69 Å². The van der Waals surface area contributed by atoms with Gasteiger partial charge in [0.15, 0.2) is 0 Å². The highest BCUT2D eigenvalue weighted by molar-refractivity contribution is 5.47. The van der Waals surface area contributed by atoms with E-state index in [0.29, 0.717) is 6.04 Å². The highest BCUT2D eigenvalue weighted by atomic mass is 15.1. The van der Waals surface area contributed by atoms with Crippen LogP contribution >= 0.6 is 0 Å². The minimum Gasteiger partial charge on any atom is -0.370 e. The highest BCUT2D eigenvalue weighted by Crippen LogP contribution is 2.19. The summed E-state index contributed by atoms with van der Waals surface area (Å²) in [6.07, 6.45) is 3.71. The molecule has 0 aliphatic heterocycles. The molecule has 3 heteroatoms. The average Bonchev–Trinajstić information content (AvgIpc) is 2.47. The van der Waals surface area contributed by atoms with Crippen LogP contribution in [0.5, 0.6) is 0 Å². The lowest BCUT2D eigenvalue weighted by Crippen LogP contribution is -2.17. The second-order valence-electron chi connectivity index (χ2n) is 4.82. The predicted octanol–water partition coefficient (Wildman–Crippen LogP) is 3.00. The van der Waals surface area contributed by atoms with E-state index < -0.39 is 0 Å². The van der Waals surface area contributed by atoms with Crippen LogP contribution in [0.2, 0.25) is 0 Å². The summed E-state index contributed by atoms with van der Waals surface area (Å²) < 4.78 is 0. The molecule has 0 aliphatic carbocycles. The minimum atomic E-state index is 0.387. The molecule has 0 spiro atoms. The van der Waals surface area contributed by atoms with Crippen LogP contribution in [0.15, 0.2) is 48.8 Å². The van der Waals surface area contributed by atoms with Gasteiger partial charge < -0.3 is 10.2 Å². The first-order chi connectivity index (χ1) is 9.20. The molecular formula is C16H21N3. The minimum absolute atomic E-state index is 0.387. The van der Waals surface area contributed by atoms with Gasteiger partial charge in [-0.2, -0.15) is 0 Å². The first kappa shape index (κ1) is 13.6. The Labute approximate surface area is 115 Å². The van der Waals surface area contributed by atoms with Crippen molar-refractivity contribution in [1.29, 1.82) is 0 Å². The van der Waals surface area contributed by atoms with E-state index in [1.165, 1.54) is 16.8 Å². The number of pyridine rings is 1. The number of nitrogens with zero attached hydrogens (tertiary/aromatic N) is 2. The van der Waals surface area contributed by atoms with E-state index in [9.17, 15) is 0 Å². The van der Waals surface area contributed by atoms with Gasteiger partial charge in [0.05, 0.1) is 0 Å². The molecular weight excluding hydrogens is 234 g/mol. The van der Waals surface area contributed by atoms with Crippen molar-refractivity contribution in [3.8, 4) is 0 Å². The Hall–Kier alpha value is -1.87. The third-order valence-corrected chi connectivity index (χ3v) is 3.41. The number of hydrogen-bond acceptors (Lipinski definition) is 3. The van der Waals surface area contributed by atoms with Crippen molar-refractivity contribution in [2.75, 3.05) is 19.0 Å². The topological polar surface area (TPSA) is 28.2 Å². The van der Waals surface area contributed by atoms with Crippen LogP contribution in [-0.2, 0) is 6.54 Å². The third kappa shape index (κ3) is 3.55. The van der Waals surface area contributed by atoms with Crippen molar-refractivity contribution in [1.82, 2.24) is 10.3 Å². The van der Waals surface area contributed by atoms with Gasteiger partial charge in [-0.15, -0.1) is 0 Å². The fourth-order valence-electron chi connectivity index (χ4n) is 2.04. The summed E-state index contributed by atoms with van der Waals surface area (Å²) in [5.74, 6) is 0. The van der Waals surface area contributed by atoms with Gasteiger partial charge in [-0.25, -0.2) is 0 Å². The average molecular weight is 255 g/mol. The van der Waals surface area contributed by atoms with E-state index in [4.69, 9.17) is 0 Å². The van der Waals surface area contributed by atoms with Crippen molar-refractivity contribution in [2.24, 2.45) is 0 Å². The lowest BCUT2D eigenvalue weighted by atomic mass is 10.1. The van der Waals surface area contributed by atoms with Crippen LogP contribution in [0, 0.1) is 0 Å². The Morgan fingerprint density at radius 2 is 1.95 bits per heavy atom. The van der Waals surface area contributed by atoms with Crippen molar-refractivity contribution in [3.63, 3.8) is 0 Å². The van der Waals surface area contributed by atoms with Crippen LogP contribution < -0.4 is 10.2 Å². The Kier molecular flexibility index (Phi) is 4.53. The molecule has 1 aromatic carbocycles. The third-order valence-electron chi connectivity index (χ3n) is 3.41. The molecule has 0 fully saturated rings. The van der Waals surface area contributed by atoms with E-state index in [1.807, 2.05) is 19.3 Å². The van der Waals surface area contributed by atoms with Crippen molar-refractivity contribution in [2.45, 2.75) is 19.5 Å². The first-order valence-corrected chi connectivity index (χ1v) is 6.58. The van der Waals surface area contributed by atoms with Gasteiger partial charge in [0.1, 0.15) is 0 Å². The molecule has 1 atom stereocenters. The summed E-state index contributed by atoms with van der Waals surface area (Å²) in [6, 6.07) is 13.1. The van der Waals surface area contributed by atoms with Crippen LogP contribution in [-0.4, -0.2) is 19.1 Å². The number of rotatable bonds is 5.